The number of hydrogen-bond acceptors (Lipinski definition) is 8. The predicted octanol–water partition coefficient (Wildman–Crippen LogP) is 1.28. The molecule has 3 heterocycles. The second-order valence-electron chi connectivity index (χ2n) is 5.40. The van der Waals surface area contributed by atoms with Crippen LogP contribution in [0.15, 0.2) is 17.2 Å². The fourth-order valence-electron chi connectivity index (χ4n) is 2.65. The van der Waals surface area contributed by atoms with Gasteiger partial charge in [0.1, 0.15) is 6.04 Å². The van der Waals surface area contributed by atoms with E-state index in [0.29, 0.717) is 29.5 Å². The fraction of sp³-hybridized carbons (Fsp3) is 0.400. The first kappa shape index (κ1) is 16.4. The third-order valence-electron chi connectivity index (χ3n) is 3.91. The lowest BCUT2D eigenvalue weighted by Crippen LogP contribution is -2.38. The Labute approximate surface area is 142 Å². The minimum Gasteiger partial charge on any atom is -0.467 e. The van der Waals surface area contributed by atoms with Gasteiger partial charge in [-0.15, -0.1) is 0 Å². The molecule has 8 nitrogen and oxygen atoms in total. The minimum atomic E-state index is -0.395. The summed E-state index contributed by atoms with van der Waals surface area (Å²) in [5, 5.41) is -0.314. The fourth-order valence-corrected chi connectivity index (χ4v) is 3.46. The molecule has 2 aliphatic rings. The van der Waals surface area contributed by atoms with E-state index in [0.717, 1.165) is 23.1 Å². The van der Waals surface area contributed by atoms with Gasteiger partial charge >= 0.3 is 5.97 Å². The number of anilines is 1. The van der Waals surface area contributed by atoms with E-state index >= 15 is 0 Å². The van der Waals surface area contributed by atoms with Crippen molar-refractivity contribution in [3.63, 3.8) is 0 Å². The Hall–Kier alpha value is -2.42. The summed E-state index contributed by atoms with van der Waals surface area (Å²) in [6.45, 7) is 0.661. The van der Waals surface area contributed by atoms with Crippen LogP contribution in [0.4, 0.5) is 10.7 Å². The first-order valence-electron chi connectivity index (χ1n) is 7.40. The van der Waals surface area contributed by atoms with Crippen molar-refractivity contribution in [2.24, 2.45) is 0 Å². The summed E-state index contributed by atoms with van der Waals surface area (Å²) < 4.78 is 4.82. The first-order valence-corrected chi connectivity index (χ1v) is 8.22. The predicted molar refractivity (Wildman–Crippen MR) is 88.2 cm³/mol. The Morgan fingerprint density at radius 2 is 2.25 bits per heavy atom. The molecule has 0 aliphatic carbocycles. The summed E-state index contributed by atoms with van der Waals surface area (Å²) in [7, 11) is 2.80. The number of aromatic nitrogens is 2. The molecule has 9 heteroatoms. The third kappa shape index (κ3) is 2.99. The number of ether oxygens (including phenoxy) is 1. The van der Waals surface area contributed by atoms with Crippen LogP contribution in [-0.4, -0.2) is 58.7 Å². The van der Waals surface area contributed by atoms with Gasteiger partial charge in [0, 0.05) is 19.8 Å². The molecule has 0 aromatic carbocycles. The van der Waals surface area contributed by atoms with Gasteiger partial charge in [0.05, 0.1) is 17.7 Å². The molecule has 24 heavy (non-hydrogen) atoms. The average Bonchev–Trinajstić information content (AvgIpc) is 3.16. The lowest BCUT2D eigenvalue weighted by molar-refractivity contribution is -0.142. The Morgan fingerprint density at radius 1 is 1.46 bits per heavy atom. The van der Waals surface area contributed by atoms with Crippen LogP contribution in [-0.2, 0) is 14.3 Å². The van der Waals surface area contributed by atoms with Crippen molar-refractivity contribution in [1.82, 2.24) is 14.9 Å². The number of amides is 2. The lowest BCUT2D eigenvalue weighted by Gasteiger charge is -2.22. The van der Waals surface area contributed by atoms with E-state index in [-0.39, 0.29) is 17.1 Å². The van der Waals surface area contributed by atoms with Crippen LogP contribution in [0, 0.1) is 0 Å². The van der Waals surface area contributed by atoms with Crippen molar-refractivity contribution in [3.05, 3.63) is 22.9 Å². The second kappa shape index (κ2) is 6.60. The van der Waals surface area contributed by atoms with Crippen molar-refractivity contribution in [2.45, 2.75) is 18.9 Å². The molecule has 2 saturated heterocycles. The van der Waals surface area contributed by atoms with Crippen molar-refractivity contribution >= 4 is 40.9 Å². The molecular weight excluding hydrogens is 332 g/mol. The maximum Gasteiger partial charge on any atom is 0.328 e. The molecule has 1 unspecified atom stereocenters. The van der Waals surface area contributed by atoms with Crippen LogP contribution < -0.4 is 4.90 Å². The molecule has 0 N–H and O–H groups in total. The number of hydrogen-bond donors (Lipinski definition) is 0. The highest BCUT2D eigenvalue weighted by molar-refractivity contribution is 8.18. The van der Waals surface area contributed by atoms with Crippen molar-refractivity contribution in [2.75, 3.05) is 25.6 Å². The van der Waals surface area contributed by atoms with Crippen LogP contribution in [0.2, 0.25) is 0 Å². The highest BCUT2D eigenvalue weighted by atomic mass is 32.2. The quantitative estimate of drug-likeness (QED) is 0.596. The molecule has 1 aromatic rings. The monoisotopic (exact) mass is 348 g/mol. The Kier molecular flexibility index (Phi) is 4.52. The van der Waals surface area contributed by atoms with Gasteiger partial charge in [-0.2, -0.15) is 0 Å². The van der Waals surface area contributed by atoms with Gasteiger partial charge in [-0.25, -0.2) is 14.8 Å². The second-order valence-corrected chi connectivity index (χ2v) is 6.39. The van der Waals surface area contributed by atoms with Gasteiger partial charge in [0.15, 0.2) is 0 Å². The molecule has 2 amide bonds. The molecule has 0 bridgehead atoms. The van der Waals surface area contributed by atoms with Crippen LogP contribution >= 0.6 is 11.8 Å². The number of imide groups is 1. The van der Waals surface area contributed by atoms with Crippen LogP contribution in [0.3, 0.4) is 0 Å². The smallest absolute Gasteiger partial charge is 0.328 e. The van der Waals surface area contributed by atoms with Crippen LogP contribution in [0.25, 0.3) is 6.08 Å². The van der Waals surface area contributed by atoms with Crippen molar-refractivity contribution in [3.8, 4) is 0 Å². The van der Waals surface area contributed by atoms with Crippen LogP contribution in [0.5, 0.6) is 0 Å². The van der Waals surface area contributed by atoms with E-state index in [1.165, 1.54) is 14.2 Å². The summed E-state index contributed by atoms with van der Waals surface area (Å²) in [5.74, 6) is -0.250. The largest absolute Gasteiger partial charge is 0.467 e. The summed E-state index contributed by atoms with van der Waals surface area (Å²) in [5.41, 5.74) is 0.509. The van der Waals surface area contributed by atoms with E-state index in [2.05, 4.69) is 9.97 Å². The summed E-state index contributed by atoms with van der Waals surface area (Å²) in [4.78, 5) is 47.1. The molecule has 0 radical (unpaired) electrons. The number of thioether (sulfide) groups is 1. The average molecular weight is 348 g/mol. The zero-order valence-corrected chi connectivity index (χ0v) is 14.1. The number of likely N-dealkylation sites (N-methyl/N-ethyl adjacent to an activating group) is 1. The van der Waals surface area contributed by atoms with Gasteiger partial charge < -0.3 is 9.64 Å². The number of methoxy groups -OCH3 is 1. The van der Waals surface area contributed by atoms with Crippen molar-refractivity contribution in [1.29, 1.82) is 0 Å². The van der Waals surface area contributed by atoms with E-state index in [1.54, 1.807) is 23.2 Å². The summed E-state index contributed by atoms with van der Waals surface area (Å²) in [6.07, 6.45) is 4.66. The van der Waals surface area contributed by atoms with Gasteiger partial charge in [-0.3, -0.25) is 14.5 Å². The zero-order chi connectivity index (χ0) is 17.3. The zero-order valence-electron chi connectivity index (χ0n) is 13.3. The number of nitrogens with zero attached hydrogens (tertiary/aromatic N) is 4. The molecule has 2 fully saturated rings. The molecule has 2 aliphatic heterocycles. The molecule has 126 valence electrons. The van der Waals surface area contributed by atoms with Gasteiger partial charge in [-0.1, -0.05) is 0 Å². The maximum atomic E-state index is 11.9. The van der Waals surface area contributed by atoms with Gasteiger partial charge in [-0.05, 0) is 36.7 Å². The number of carbonyl (C=O) groups is 3. The molecular formula is C15H16N4O4S. The number of rotatable bonds is 3. The van der Waals surface area contributed by atoms with E-state index in [1.807, 2.05) is 0 Å². The Morgan fingerprint density at radius 3 is 2.92 bits per heavy atom. The first-order chi connectivity index (χ1) is 11.5. The highest BCUT2D eigenvalue weighted by Gasteiger charge is 2.34. The Balaban J connectivity index is 1.86. The lowest BCUT2D eigenvalue weighted by atomic mass is 10.2. The molecule has 1 aromatic heterocycles. The SMILES string of the molecule is COC(=O)C1CCCN1c1nccc(C=C2SC(=O)N(C)C2=O)n1. The maximum absolute atomic E-state index is 11.9. The number of esters is 1. The summed E-state index contributed by atoms with van der Waals surface area (Å²) >= 11 is 0.874. The minimum absolute atomic E-state index is 0.311. The van der Waals surface area contributed by atoms with Crippen LogP contribution in [0.1, 0.15) is 18.5 Å². The van der Waals surface area contributed by atoms with Gasteiger partial charge in [0.25, 0.3) is 11.1 Å². The van der Waals surface area contributed by atoms with E-state index in [9.17, 15) is 14.4 Å². The van der Waals surface area contributed by atoms with Gasteiger partial charge in [0.2, 0.25) is 5.95 Å². The normalized spacial score (nSPS) is 22.6. The standard InChI is InChI=1S/C15H16N4O4S/c1-18-12(20)11(24-15(18)22)8-9-5-6-16-14(17-9)19-7-3-4-10(19)13(21)23-2/h5-6,8,10H,3-4,7H2,1-2H3. The van der Waals surface area contributed by atoms with E-state index in [4.69, 9.17) is 4.74 Å². The topological polar surface area (TPSA) is 92.7 Å². The molecule has 0 spiro atoms. The summed E-state index contributed by atoms with van der Waals surface area (Å²) in [6, 6.07) is 1.25. The Bertz CT molecular complexity index is 736. The van der Waals surface area contributed by atoms with E-state index < -0.39 is 6.04 Å². The molecule has 0 saturated carbocycles. The molecule has 1 atom stereocenters. The number of carbonyl (C=O) groups excluding carboxylic acids is 3. The highest BCUT2D eigenvalue weighted by Crippen LogP contribution is 2.31. The molecule has 3 rings (SSSR count). The third-order valence-corrected chi connectivity index (χ3v) is 4.87. The van der Waals surface area contributed by atoms with Crippen molar-refractivity contribution < 1.29 is 19.1 Å².